The van der Waals surface area contributed by atoms with Crippen molar-refractivity contribution >= 4 is 11.7 Å². The van der Waals surface area contributed by atoms with Gasteiger partial charge in [0.2, 0.25) is 0 Å². The summed E-state index contributed by atoms with van der Waals surface area (Å²) in [5.41, 5.74) is 9.00. The molecule has 1 aliphatic heterocycles. The number of nitrogens with zero attached hydrogens (tertiary/aromatic N) is 3. The average Bonchev–Trinajstić information content (AvgIpc) is 2.98. The van der Waals surface area contributed by atoms with Crippen LogP contribution in [0, 0.1) is 0 Å². The minimum absolute atomic E-state index is 0.587. The Labute approximate surface area is 105 Å². The summed E-state index contributed by atoms with van der Waals surface area (Å²) in [5.74, 6) is 1.61. The molecule has 0 unspecified atom stereocenters. The zero-order chi connectivity index (χ0) is 12.5. The zero-order valence-electron chi connectivity index (χ0n) is 10.2. The number of amidine groups is 1. The fraction of sp³-hybridized carbons (Fsp3) is 0.231. The number of rotatable bonds is 2. The van der Waals surface area contributed by atoms with Gasteiger partial charge in [-0.25, -0.2) is 0 Å². The predicted octanol–water partition coefficient (Wildman–Crippen LogP) is 1.35. The number of hydrogen-bond acceptors (Lipinski definition) is 4. The molecule has 1 aromatic carbocycles. The maximum Gasteiger partial charge on any atom is 0.131 e. The molecule has 0 radical (unpaired) electrons. The molecule has 5 nitrogen and oxygen atoms in total. The van der Waals surface area contributed by atoms with Crippen molar-refractivity contribution in [1.82, 2.24) is 15.1 Å². The van der Waals surface area contributed by atoms with E-state index in [9.17, 15) is 0 Å². The van der Waals surface area contributed by atoms with Crippen LogP contribution in [0.15, 0.2) is 35.5 Å². The van der Waals surface area contributed by atoms with Gasteiger partial charge >= 0.3 is 0 Å². The molecular formula is C13H15N5. The lowest BCUT2D eigenvalue weighted by Crippen LogP contribution is -2.23. The minimum Gasteiger partial charge on any atom is -0.384 e. The number of aromatic amines is 1. The molecule has 0 bridgehead atoms. The predicted molar refractivity (Wildman–Crippen MR) is 72.5 cm³/mol. The van der Waals surface area contributed by atoms with Gasteiger partial charge in [0.15, 0.2) is 0 Å². The van der Waals surface area contributed by atoms with Crippen LogP contribution in [0.3, 0.4) is 0 Å². The van der Waals surface area contributed by atoms with Gasteiger partial charge < -0.3 is 10.6 Å². The number of nitrogens with one attached hydrogen (secondary N) is 1. The zero-order valence-corrected chi connectivity index (χ0v) is 10.2. The van der Waals surface area contributed by atoms with E-state index in [1.807, 2.05) is 18.2 Å². The lowest BCUT2D eigenvalue weighted by atomic mass is 10.0. The van der Waals surface area contributed by atoms with Crippen LogP contribution in [0.25, 0.3) is 11.1 Å². The smallest absolute Gasteiger partial charge is 0.131 e. The molecule has 0 amide bonds. The number of H-pyrrole nitrogens is 1. The standard InChI is InChI=1S/C13H15N5/c1-18-7-6-15-13(18)10-5-3-2-4-9(10)11-8-16-17-12(11)14/h2-5,8H,6-7H2,1H3,(H3,14,16,17). The summed E-state index contributed by atoms with van der Waals surface area (Å²) in [7, 11) is 2.06. The van der Waals surface area contributed by atoms with Gasteiger partial charge in [-0.15, -0.1) is 0 Å². The third-order valence-corrected chi connectivity index (χ3v) is 3.19. The first-order valence-corrected chi connectivity index (χ1v) is 5.91. The van der Waals surface area contributed by atoms with Gasteiger partial charge in [-0.2, -0.15) is 5.10 Å². The van der Waals surface area contributed by atoms with E-state index in [1.165, 1.54) is 0 Å². The Morgan fingerprint density at radius 1 is 1.22 bits per heavy atom. The first-order chi connectivity index (χ1) is 8.77. The van der Waals surface area contributed by atoms with Crippen LogP contribution in [0.1, 0.15) is 5.56 Å². The second kappa shape index (κ2) is 4.18. The Hall–Kier alpha value is -2.30. The highest BCUT2D eigenvalue weighted by Gasteiger charge is 2.19. The van der Waals surface area contributed by atoms with E-state index in [4.69, 9.17) is 5.73 Å². The van der Waals surface area contributed by atoms with Crippen molar-refractivity contribution in [2.75, 3.05) is 25.9 Å². The molecule has 0 aliphatic carbocycles. The normalized spacial score (nSPS) is 14.9. The van der Waals surface area contributed by atoms with Crippen molar-refractivity contribution in [3.05, 3.63) is 36.0 Å². The van der Waals surface area contributed by atoms with Crippen LogP contribution in [-0.2, 0) is 0 Å². The Balaban J connectivity index is 2.14. The van der Waals surface area contributed by atoms with Crippen molar-refractivity contribution in [3.63, 3.8) is 0 Å². The number of nitrogens with two attached hydrogens (primary N) is 1. The highest BCUT2D eigenvalue weighted by molar-refractivity contribution is 6.05. The number of likely N-dealkylation sites (N-methyl/N-ethyl adjacent to an activating group) is 1. The molecule has 3 rings (SSSR count). The van der Waals surface area contributed by atoms with Crippen LogP contribution >= 0.6 is 0 Å². The molecule has 2 heterocycles. The summed E-state index contributed by atoms with van der Waals surface area (Å²) < 4.78 is 0. The lowest BCUT2D eigenvalue weighted by Gasteiger charge is -2.16. The molecule has 1 aliphatic rings. The van der Waals surface area contributed by atoms with Crippen molar-refractivity contribution in [2.45, 2.75) is 0 Å². The Bertz CT molecular complexity index is 599. The second-order valence-corrected chi connectivity index (χ2v) is 4.37. The fourth-order valence-electron chi connectivity index (χ4n) is 2.25. The maximum absolute atomic E-state index is 5.90. The highest BCUT2D eigenvalue weighted by atomic mass is 15.2. The number of nitrogen functional groups attached to an aromatic ring is 1. The van der Waals surface area contributed by atoms with Crippen LogP contribution in [-0.4, -0.2) is 41.1 Å². The molecule has 92 valence electrons. The SMILES string of the molecule is CN1CCN=C1c1ccccc1-c1cn[nH]c1N. The highest BCUT2D eigenvalue weighted by Crippen LogP contribution is 2.28. The van der Waals surface area contributed by atoms with Crippen molar-refractivity contribution in [2.24, 2.45) is 4.99 Å². The molecular weight excluding hydrogens is 226 g/mol. The third-order valence-electron chi connectivity index (χ3n) is 3.19. The first kappa shape index (κ1) is 10.8. The summed E-state index contributed by atoms with van der Waals surface area (Å²) in [6.07, 6.45) is 1.75. The van der Waals surface area contributed by atoms with Crippen molar-refractivity contribution in [3.8, 4) is 11.1 Å². The van der Waals surface area contributed by atoms with E-state index in [0.29, 0.717) is 5.82 Å². The quantitative estimate of drug-likeness (QED) is 0.833. The molecule has 2 aromatic rings. The summed E-state index contributed by atoms with van der Waals surface area (Å²) in [5, 5.41) is 6.75. The molecule has 0 fully saturated rings. The molecule has 0 saturated carbocycles. The van der Waals surface area contributed by atoms with Crippen LogP contribution in [0.4, 0.5) is 5.82 Å². The number of aliphatic imine (C=N–C) groups is 1. The topological polar surface area (TPSA) is 70.3 Å². The maximum atomic E-state index is 5.90. The van der Waals surface area contributed by atoms with E-state index < -0.39 is 0 Å². The molecule has 18 heavy (non-hydrogen) atoms. The van der Waals surface area contributed by atoms with Crippen molar-refractivity contribution in [1.29, 1.82) is 0 Å². The second-order valence-electron chi connectivity index (χ2n) is 4.37. The van der Waals surface area contributed by atoms with Crippen LogP contribution < -0.4 is 5.73 Å². The van der Waals surface area contributed by atoms with Gasteiger partial charge in [0.25, 0.3) is 0 Å². The Kier molecular flexibility index (Phi) is 2.51. The van der Waals surface area contributed by atoms with E-state index in [2.05, 4.69) is 33.2 Å². The summed E-state index contributed by atoms with van der Waals surface area (Å²) in [6.45, 7) is 1.81. The molecule has 0 spiro atoms. The number of anilines is 1. The molecule has 5 heteroatoms. The Morgan fingerprint density at radius 3 is 2.61 bits per heavy atom. The van der Waals surface area contributed by atoms with Crippen LogP contribution in [0.5, 0.6) is 0 Å². The number of hydrogen-bond donors (Lipinski definition) is 2. The van der Waals surface area contributed by atoms with Gasteiger partial charge in [0, 0.05) is 24.7 Å². The molecule has 0 atom stereocenters. The van der Waals surface area contributed by atoms with E-state index in [-0.39, 0.29) is 0 Å². The van der Waals surface area contributed by atoms with E-state index in [1.54, 1.807) is 6.20 Å². The van der Waals surface area contributed by atoms with Gasteiger partial charge in [0.05, 0.1) is 12.7 Å². The number of benzene rings is 1. The van der Waals surface area contributed by atoms with Crippen LogP contribution in [0.2, 0.25) is 0 Å². The monoisotopic (exact) mass is 241 g/mol. The summed E-state index contributed by atoms with van der Waals surface area (Å²) in [4.78, 5) is 6.72. The lowest BCUT2D eigenvalue weighted by molar-refractivity contribution is 0.557. The third kappa shape index (κ3) is 1.64. The average molecular weight is 241 g/mol. The largest absolute Gasteiger partial charge is 0.384 e. The van der Waals surface area contributed by atoms with Gasteiger partial charge in [0.1, 0.15) is 11.7 Å². The molecule has 3 N–H and O–H groups in total. The minimum atomic E-state index is 0.587. The number of aromatic nitrogens is 2. The molecule has 0 saturated heterocycles. The van der Waals surface area contributed by atoms with Gasteiger partial charge in [-0.05, 0) is 5.56 Å². The van der Waals surface area contributed by atoms with E-state index in [0.717, 1.165) is 35.6 Å². The fourth-order valence-corrected chi connectivity index (χ4v) is 2.25. The Morgan fingerprint density at radius 2 is 2.00 bits per heavy atom. The van der Waals surface area contributed by atoms with Crippen molar-refractivity contribution < 1.29 is 0 Å². The van der Waals surface area contributed by atoms with E-state index >= 15 is 0 Å². The summed E-state index contributed by atoms with van der Waals surface area (Å²) in [6, 6.07) is 8.14. The van der Waals surface area contributed by atoms with Gasteiger partial charge in [-0.1, -0.05) is 24.3 Å². The van der Waals surface area contributed by atoms with Gasteiger partial charge in [-0.3, -0.25) is 10.1 Å². The first-order valence-electron chi connectivity index (χ1n) is 5.91. The summed E-state index contributed by atoms with van der Waals surface area (Å²) >= 11 is 0. The molecule has 1 aromatic heterocycles.